The molecular formula is C20H19FN4O2. The Morgan fingerprint density at radius 3 is 2.74 bits per heavy atom. The summed E-state index contributed by atoms with van der Waals surface area (Å²) in [5.41, 5.74) is 1.45. The Morgan fingerprint density at radius 1 is 1.19 bits per heavy atom. The fourth-order valence-electron chi connectivity index (χ4n) is 3.35. The molecule has 4 rings (SSSR count). The van der Waals surface area contributed by atoms with Gasteiger partial charge in [0.05, 0.1) is 17.7 Å². The highest BCUT2D eigenvalue weighted by Gasteiger charge is 2.28. The smallest absolute Gasteiger partial charge is 0.257 e. The summed E-state index contributed by atoms with van der Waals surface area (Å²) in [5.74, 6) is 1.12. The highest BCUT2D eigenvalue weighted by Crippen LogP contribution is 2.28. The summed E-state index contributed by atoms with van der Waals surface area (Å²) < 4.78 is 18.9. The zero-order valence-corrected chi connectivity index (χ0v) is 14.7. The number of hydrogen-bond acceptors (Lipinski definition) is 5. The number of likely N-dealkylation sites (tertiary alicyclic amines) is 1. The Kier molecular flexibility index (Phi) is 4.91. The van der Waals surface area contributed by atoms with Gasteiger partial charge in [-0.2, -0.15) is 0 Å². The molecule has 27 heavy (non-hydrogen) atoms. The molecule has 138 valence electrons. The Hall–Kier alpha value is -3.09. The molecule has 6 nitrogen and oxygen atoms in total. The quantitative estimate of drug-likeness (QED) is 0.709. The summed E-state index contributed by atoms with van der Waals surface area (Å²) in [6.45, 7) is 1.26. The molecule has 2 aromatic heterocycles. The second kappa shape index (κ2) is 7.65. The standard InChI is InChI=1S/C20H19FN4O2/c21-17-5-3-14(4-6-17)8-18-11-24-19(27-18)15-2-1-7-25(12-15)20(26)16-9-22-13-23-10-16/h3-6,9-11,13,15H,1-2,7-8,12H2/t15-/m1/s1. The van der Waals surface area contributed by atoms with E-state index < -0.39 is 0 Å². The van der Waals surface area contributed by atoms with Crippen LogP contribution in [-0.4, -0.2) is 38.8 Å². The van der Waals surface area contributed by atoms with Gasteiger partial charge in [-0.3, -0.25) is 4.79 Å². The van der Waals surface area contributed by atoms with Crippen LogP contribution in [0.15, 0.2) is 53.6 Å². The molecule has 1 saturated heterocycles. The van der Waals surface area contributed by atoms with Gasteiger partial charge in [0.25, 0.3) is 5.91 Å². The average molecular weight is 366 g/mol. The van der Waals surface area contributed by atoms with Crippen molar-refractivity contribution in [2.45, 2.75) is 25.2 Å². The van der Waals surface area contributed by atoms with Gasteiger partial charge in [-0.25, -0.2) is 19.3 Å². The minimum atomic E-state index is -0.257. The molecule has 0 bridgehead atoms. The first-order chi connectivity index (χ1) is 13.2. The summed E-state index contributed by atoms with van der Waals surface area (Å²) in [7, 11) is 0. The van der Waals surface area contributed by atoms with E-state index in [1.165, 1.54) is 30.9 Å². The number of piperidine rings is 1. The van der Waals surface area contributed by atoms with Crippen LogP contribution in [0.5, 0.6) is 0 Å². The van der Waals surface area contributed by atoms with Crippen LogP contribution >= 0.6 is 0 Å². The second-order valence-corrected chi connectivity index (χ2v) is 6.69. The second-order valence-electron chi connectivity index (χ2n) is 6.69. The first-order valence-corrected chi connectivity index (χ1v) is 8.92. The molecule has 1 fully saturated rings. The molecule has 7 heteroatoms. The normalized spacial score (nSPS) is 17.1. The van der Waals surface area contributed by atoms with Crippen molar-refractivity contribution >= 4 is 5.91 Å². The Morgan fingerprint density at radius 2 is 1.96 bits per heavy atom. The minimum absolute atomic E-state index is 0.0642. The maximum Gasteiger partial charge on any atom is 0.257 e. The molecule has 0 aliphatic carbocycles. The molecular weight excluding hydrogens is 347 g/mol. The van der Waals surface area contributed by atoms with Crippen molar-refractivity contribution in [3.05, 3.63) is 77.8 Å². The third-order valence-corrected chi connectivity index (χ3v) is 4.73. The number of halogens is 1. The van der Waals surface area contributed by atoms with E-state index in [-0.39, 0.29) is 17.6 Å². The van der Waals surface area contributed by atoms with E-state index in [4.69, 9.17) is 4.42 Å². The van der Waals surface area contributed by atoms with E-state index in [0.717, 1.165) is 24.2 Å². The molecule has 3 heterocycles. The van der Waals surface area contributed by atoms with Crippen LogP contribution in [0.3, 0.4) is 0 Å². The maximum atomic E-state index is 13.0. The van der Waals surface area contributed by atoms with Crippen LogP contribution in [0.25, 0.3) is 0 Å². The number of rotatable bonds is 4. The summed E-state index contributed by atoms with van der Waals surface area (Å²) >= 11 is 0. The van der Waals surface area contributed by atoms with Gasteiger partial charge in [-0.1, -0.05) is 12.1 Å². The van der Waals surface area contributed by atoms with Gasteiger partial charge in [-0.15, -0.1) is 0 Å². The van der Waals surface area contributed by atoms with Crippen LogP contribution in [0, 0.1) is 5.82 Å². The number of aromatic nitrogens is 3. The molecule has 1 aliphatic heterocycles. The third kappa shape index (κ3) is 4.02. The third-order valence-electron chi connectivity index (χ3n) is 4.73. The summed E-state index contributed by atoms with van der Waals surface area (Å²) in [6, 6.07) is 6.34. The van der Waals surface area contributed by atoms with Crippen LogP contribution in [0.4, 0.5) is 4.39 Å². The van der Waals surface area contributed by atoms with Crippen molar-refractivity contribution in [1.82, 2.24) is 19.9 Å². The lowest BCUT2D eigenvalue weighted by molar-refractivity contribution is 0.0697. The molecule has 1 aromatic carbocycles. The van der Waals surface area contributed by atoms with Crippen LogP contribution in [-0.2, 0) is 6.42 Å². The van der Waals surface area contributed by atoms with Crippen LogP contribution < -0.4 is 0 Å². The Bertz CT molecular complexity index is 911. The number of benzene rings is 1. The van der Waals surface area contributed by atoms with Crippen molar-refractivity contribution in [1.29, 1.82) is 0 Å². The van der Waals surface area contributed by atoms with Gasteiger partial charge in [0.2, 0.25) is 0 Å². The molecule has 3 aromatic rings. The highest BCUT2D eigenvalue weighted by molar-refractivity contribution is 5.93. The monoisotopic (exact) mass is 366 g/mol. The molecule has 0 spiro atoms. The van der Waals surface area contributed by atoms with E-state index in [2.05, 4.69) is 15.0 Å². The number of carbonyl (C=O) groups excluding carboxylic acids is 1. The number of amides is 1. The molecule has 0 N–H and O–H groups in total. The number of carbonyl (C=O) groups is 1. The van der Waals surface area contributed by atoms with E-state index in [0.29, 0.717) is 31.0 Å². The predicted molar refractivity (Wildman–Crippen MR) is 95.6 cm³/mol. The van der Waals surface area contributed by atoms with Gasteiger partial charge in [0.1, 0.15) is 17.9 Å². The fourth-order valence-corrected chi connectivity index (χ4v) is 3.35. The zero-order chi connectivity index (χ0) is 18.6. The predicted octanol–water partition coefficient (Wildman–Crippen LogP) is 3.21. The average Bonchev–Trinajstić information content (AvgIpc) is 3.18. The molecule has 1 aliphatic rings. The lowest BCUT2D eigenvalue weighted by Crippen LogP contribution is -2.39. The van der Waals surface area contributed by atoms with Crippen molar-refractivity contribution < 1.29 is 13.6 Å². The molecule has 0 radical (unpaired) electrons. The lowest BCUT2D eigenvalue weighted by atomic mass is 9.97. The first kappa shape index (κ1) is 17.3. The summed E-state index contributed by atoms with van der Waals surface area (Å²) in [6.07, 6.45) is 8.56. The summed E-state index contributed by atoms with van der Waals surface area (Å²) in [5, 5.41) is 0. The van der Waals surface area contributed by atoms with Crippen LogP contribution in [0.1, 0.15) is 46.3 Å². The van der Waals surface area contributed by atoms with E-state index >= 15 is 0 Å². The molecule has 0 saturated carbocycles. The first-order valence-electron chi connectivity index (χ1n) is 8.92. The van der Waals surface area contributed by atoms with Crippen molar-refractivity contribution in [2.24, 2.45) is 0 Å². The number of oxazole rings is 1. The highest BCUT2D eigenvalue weighted by atomic mass is 19.1. The van der Waals surface area contributed by atoms with Gasteiger partial charge in [0.15, 0.2) is 5.89 Å². The van der Waals surface area contributed by atoms with E-state index in [1.807, 2.05) is 0 Å². The molecule has 1 atom stereocenters. The minimum Gasteiger partial charge on any atom is -0.445 e. The van der Waals surface area contributed by atoms with Crippen molar-refractivity contribution in [3.8, 4) is 0 Å². The Balaban J connectivity index is 1.43. The fraction of sp³-hybridized carbons (Fsp3) is 0.300. The topological polar surface area (TPSA) is 72.1 Å². The number of hydrogen-bond donors (Lipinski definition) is 0. The van der Waals surface area contributed by atoms with Gasteiger partial charge >= 0.3 is 0 Å². The van der Waals surface area contributed by atoms with Gasteiger partial charge < -0.3 is 9.32 Å². The van der Waals surface area contributed by atoms with Crippen LogP contribution in [0.2, 0.25) is 0 Å². The van der Waals surface area contributed by atoms with E-state index in [1.54, 1.807) is 23.2 Å². The Labute approximate surface area is 156 Å². The van der Waals surface area contributed by atoms with E-state index in [9.17, 15) is 9.18 Å². The van der Waals surface area contributed by atoms with Crippen molar-refractivity contribution in [3.63, 3.8) is 0 Å². The molecule has 1 amide bonds. The SMILES string of the molecule is O=C(c1cncnc1)N1CCC[C@@H](c2ncc(Cc3ccc(F)cc3)o2)C1. The van der Waals surface area contributed by atoms with Gasteiger partial charge in [-0.05, 0) is 30.5 Å². The summed E-state index contributed by atoms with van der Waals surface area (Å²) in [4.78, 5) is 26.7. The molecule has 0 unspecified atom stereocenters. The van der Waals surface area contributed by atoms with Gasteiger partial charge in [0, 0.05) is 31.9 Å². The zero-order valence-electron chi connectivity index (χ0n) is 14.7. The number of nitrogens with zero attached hydrogens (tertiary/aromatic N) is 4. The van der Waals surface area contributed by atoms with Crippen molar-refractivity contribution in [2.75, 3.05) is 13.1 Å². The maximum absolute atomic E-state index is 13.0. The lowest BCUT2D eigenvalue weighted by Gasteiger charge is -2.31. The largest absolute Gasteiger partial charge is 0.445 e.